The Balaban J connectivity index is 2.92. The third-order valence-corrected chi connectivity index (χ3v) is 2.80. The van der Waals surface area contributed by atoms with Gasteiger partial charge in [-0.25, -0.2) is 4.39 Å². The molecule has 1 aromatic carbocycles. The second-order valence-electron chi connectivity index (χ2n) is 4.28. The summed E-state index contributed by atoms with van der Waals surface area (Å²) in [5, 5.41) is 3.04. The van der Waals surface area contributed by atoms with E-state index in [9.17, 15) is 9.18 Å². The highest BCUT2D eigenvalue weighted by molar-refractivity contribution is 9.10. The number of hydrogen-bond donors (Lipinski definition) is 2. The largest absolute Gasteiger partial charge is 0.384 e. The molecule has 5 heteroatoms. The predicted octanol–water partition coefficient (Wildman–Crippen LogP) is 3.15. The third kappa shape index (κ3) is 4.00. The average Bonchev–Trinajstić information content (AvgIpc) is 2.14. The van der Waals surface area contributed by atoms with E-state index in [0.717, 1.165) is 6.42 Å². The minimum atomic E-state index is -0.762. The molecule has 0 saturated heterocycles. The van der Waals surface area contributed by atoms with Crippen LogP contribution in [0.25, 0.3) is 0 Å². The number of nitrogens with two attached hydrogens (primary N) is 1. The fraction of sp³-hybridized carbons (Fsp3) is 0.417. The second-order valence-corrected chi connectivity index (χ2v) is 5.20. The summed E-state index contributed by atoms with van der Waals surface area (Å²) in [5.74, 6) is -0.836. The number of benzene rings is 1. The van der Waals surface area contributed by atoms with Gasteiger partial charge in [-0.05, 0) is 24.5 Å². The van der Waals surface area contributed by atoms with E-state index in [1.165, 1.54) is 6.07 Å². The van der Waals surface area contributed by atoms with Crippen LogP contribution in [0.3, 0.4) is 0 Å². The Bertz CT molecular complexity index is 421. The number of carbonyl (C=O) groups excluding carboxylic acids is 1. The monoisotopic (exact) mass is 302 g/mol. The highest BCUT2D eigenvalue weighted by Crippen LogP contribution is 2.24. The van der Waals surface area contributed by atoms with Crippen LogP contribution in [0, 0.1) is 11.7 Å². The lowest BCUT2D eigenvalue weighted by Crippen LogP contribution is -2.17. The number of nitrogens with one attached hydrogen (secondary N) is 1. The van der Waals surface area contributed by atoms with E-state index in [1.807, 2.05) is 0 Å². The summed E-state index contributed by atoms with van der Waals surface area (Å²) in [6.45, 7) is 4.87. The van der Waals surface area contributed by atoms with Crippen molar-refractivity contribution in [3.63, 3.8) is 0 Å². The van der Waals surface area contributed by atoms with Gasteiger partial charge in [-0.1, -0.05) is 29.8 Å². The van der Waals surface area contributed by atoms with Gasteiger partial charge in [-0.3, -0.25) is 4.79 Å². The Morgan fingerprint density at radius 1 is 1.53 bits per heavy atom. The van der Waals surface area contributed by atoms with Crippen LogP contribution in [-0.4, -0.2) is 12.5 Å². The minimum Gasteiger partial charge on any atom is -0.384 e. The lowest BCUT2D eigenvalue weighted by molar-refractivity contribution is 0.0997. The van der Waals surface area contributed by atoms with Crippen molar-refractivity contribution in [1.29, 1.82) is 0 Å². The van der Waals surface area contributed by atoms with E-state index < -0.39 is 11.7 Å². The van der Waals surface area contributed by atoms with Gasteiger partial charge in [0, 0.05) is 11.0 Å². The molecule has 0 saturated carbocycles. The van der Waals surface area contributed by atoms with Crippen molar-refractivity contribution in [3.8, 4) is 0 Å². The molecular weight excluding hydrogens is 287 g/mol. The van der Waals surface area contributed by atoms with Crippen molar-refractivity contribution in [2.75, 3.05) is 11.9 Å². The lowest BCUT2D eigenvalue weighted by Gasteiger charge is -2.12. The Morgan fingerprint density at radius 3 is 2.71 bits per heavy atom. The first-order valence-electron chi connectivity index (χ1n) is 5.44. The summed E-state index contributed by atoms with van der Waals surface area (Å²) in [4.78, 5) is 11.2. The molecule has 0 fully saturated rings. The predicted molar refractivity (Wildman–Crippen MR) is 70.6 cm³/mol. The molecule has 1 rings (SSSR count). The van der Waals surface area contributed by atoms with Gasteiger partial charge in [0.1, 0.15) is 5.82 Å². The van der Waals surface area contributed by atoms with Crippen LogP contribution in [0.15, 0.2) is 16.6 Å². The maximum Gasteiger partial charge on any atom is 0.253 e. The van der Waals surface area contributed by atoms with Crippen molar-refractivity contribution < 1.29 is 9.18 Å². The summed E-state index contributed by atoms with van der Waals surface area (Å²) < 4.78 is 14.2. The fourth-order valence-electron chi connectivity index (χ4n) is 1.46. The van der Waals surface area contributed by atoms with Gasteiger partial charge in [0.2, 0.25) is 0 Å². The quantitative estimate of drug-likeness (QED) is 0.878. The number of amides is 1. The first-order valence-corrected chi connectivity index (χ1v) is 6.23. The van der Waals surface area contributed by atoms with E-state index in [1.54, 1.807) is 6.07 Å². The molecule has 0 unspecified atom stereocenters. The Hall–Kier alpha value is -1.10. The number of halogens is 2. The molecule has 0 aromatic heterocycles. The van der Waals surface area contributed by atoms with E-state index in [4.69, 9.17) is 5.73 Å². The van der Waals surface area contributed by atoms with Crippen molar-refractivity contribution in [3.05, 3.63) is 28.0 Å². The molecular formula is C12H16BrFN2O. The van der Waals surface area contributed by atoms with Gasteiger partial charge in [0.05, 0.1) is 11.3 Å². The highest BCUT2D eigenvalue weighted by atomic mass is 79.9. The second kappa shape index (κ2) is 6.00. The van der Waals surface area contributed by atoms with Gasteiger partial charge in [-0.15, -0.1) is 0 Å². The summed E-state index contributed by atoms with van der Waals surface area (Å²) >= 11 is 3.18. The maximum atomic E-state index is 13.6. The number of rotatable bonds is 5. The standard InChI is InChI=1S/C12H16BrFN2O/c1-7(2)3-4-16-10-6-8(13)5-9(14)11(10)12(15)17/h5-7,16H,3-4H2,1-2H3,(H2,15,17). The summed E-state index contributed by atoms with van der Waals surface area (Å²) in [5.41, 5.74) is 5.51. The van der Waals surface area contributed by atoms with Crippen LogP contribution in [0.2, 0.25) is 0 Å². The molecule has 0 spiro atoms. The molecule has 1 amide bonds. The highest BCUT2D eigenvalue weighted by Gasteiger charge is 2.15. The average molecular weight is 303 g/mol. The molecule has 0 heterocycles. The fourth-order valence-corrected chi connectivity index (χ4v) is 1.89. The Labute approximate surface area is 109 Å². The number of primary amides is 1. The Kier molecular flexibility index (Phi) is 4.93. The van der Waals surface area contributed by atoms with Crippen LogP contribution in [-0.2, 0) is 0 Å². The zero-order valence-electron chi connectivity index (χ0n) is 9.89. The van der Waals surface area contributed by atoms with Crippen molar-refractivity contribution >= 4 is 27.5 Å². The Morgan fingerprint density at radius 2 is 2.18 bits per heavy atom. The maximum absolute atomic E-state index is 13.6. The molecule has 0 aliphatic heterocycles. The van der Waals surface area contributed by atoms with Crippen molar-refractivity contribution in [2.24, 2.45) is 11.7 Å². The van der Waals surface area contributed by atoms with E-state index in [-0.39, 0.29) is 5.56 Å². The van der Waals surface area contributed by atoms with Crippen LogP contribution in [0.1, 0.15) is 30.6 Å². The lowest BCUT2D eigenvalue weighted by atomic mass is 10.1. The zero-order valence-corrected chi connectivity index (χ0v) is 11.5. The van der Waals surface area contributed by atoms with Crippen LogP contribution in [0.4, 0.5) is 10.1 Å². The molecule has 0 atom stereocenters. The van der Waals surface area contributed by atoms with E-state index in [0.29, 0.717) is 22.6 Å². The van der Waals surface area contributed by atoms with Gasteiger partial charge < -0.3 is 11.1 Å². The molecule has 0 bridgehead atoms. The molecule has 0 aliphatic carbocycles. The van der Waals surface area contributed by atoms with Crippen LogP contribution < -0.4 is 11.1 Å². The van der Waals surface area contributed by atoms with E-state index in [2.05, 4.69) is 35.1 Å². The number of hydrogen-bond acceptors (Lipinski definition) is 2. The van der Waals surface area contributed by atoms with Gasteiger partial charge in [0.15, 0.2) is 0 Å². The van der Waals surface area contributed by atoms with Crippen molar-refractivity contribution in [2.45, 2.75) is 20.3 Å². The first kappa shape index (κ1) is 14.0. The first-order chi connectivity index (χ1) is 7.91. The molecule has 1 aromatic rings. The number of carbonyl (C=O) groups is 1. The molecule has 94 valence electrons. The summed E-state index contributed by atoms with van der Waals surface area (Å²) in [6, 6.07) is 2.89. The molecule has 0 radical (unpaired) electrons. The van der Waals surface area contributed by atoms with Gasteiger partial charge in [0.25, 0.3) is 5.91 Å². The number of anilines is 1. The van der Waals surface area contributed by atoms with Crippen molar-refractivity contribution in [1.82, 2.24) is 0 Å². The van der Waals surface area contributed by atoms with Crippen LogP contribution in [0.5, 0.6) is 0 Å². The smallest absolute Gasteiger partial charge is 0.253 e. The topological polar surface area (TPSA) is 55.1 Å². The van der Waals surface area contributed by atoms with Gasteiger partial charge >= 0.3 is 0 Å². The zero-order chi connectivity index (χ0) is 13.0. The van der Waals surface area contributed by atoms with E-state index >= 15 is 0 Å². The van der Waals surface area contributed by atoms with Gasteiger partial charge in [-0.2, -0.15) is 0 Å². The molecule has 3 nitrogen and oxygen atoms in total. The van der Waals surface area contributed by atoms with Crippen LogP contribution >= 0.6 is 15.9 Å². The third-order valence-electron chi connectivity index (χ3n) is 2.34. The SMILES string of the molecule is CC(C)CCNc1cc(Br)cc(F)c1C(N)=O. The summed E-state index contributed by atoms with van der Waals surface area (Å²) in [6.07, 6.45) is 0.937. The minimum absolute atomic E-state index is 0.0862. The normalized spacial score (nSPS) is 10.6. The molecule has 17 heavy (non-hydrogen) atoms. The summed E-state index contributed by atoms with van der Waals surface area (Å²) in [7, 11) is 0. The molecule has 3 N–H and O–H groups in total. The molecule has 0 aliphatic rings.